The average Bonchev–Trinajstić information content (AvgIpc) is 3.01. The van der Waals surface area contributed by atoms with Crippen molar-refractivity contribution in [1.29, 1.82) is 0 Å². The molecule has 0 spiro atoms. The van der Waals surface area contributed by atoms with Crippen molar-refractivity contribution in [2.45, 2.75) is 33.7 Å². The fraction of sp³-hybridized carbons (Fsp3) is 0.348. The van der Waals surface area contributed by atoms with E-state index in [9.17, 15) is 0 Å². The number of aromatic nitrogens is 1. The third-order valence-corrected chi connectivity index (χ3v) is 5.57. The number of nitrogens with zero attached hydrogens (tertiary/aromatic N) is 1. The molecule has 0 fully saturated rings. The van der Waals surface area contributed by atoms with Crippen LogP contribution >= 0.6 is 23.8 Å². The van der Waals surface area contributed by atoms with Crippen molar-refractivity contribution in [1.82, 2.24) is 15.2 Å². The third kappa shape index (κ3) is 5.43. The summed E-state index contributed by atoms with van der Waals surface area (Å²) in [6.07, 6.45) is 0.884. The van der Waals surface area contributed by atoms with Gasteiger partial charge in [-0.05, 0) is 80.9 Å². The molecule has 6 heteroatoms. The van der Waals surface area contributed by atoms with E-state index in [1.165, 1.54) is 22.2 Å². The summed E-state index contributed by atoms with van der Waals surface area (Å²) in [5, 5.41) is 6.01. The lowest BCUT2D eigenvalue weighted by molar-refractivity contribution is 0.340. The van der Waals surface area contributed by atoms with Gasteiger partial charge >= 0.3 is 0 Å². The topological polar surface area (TPSA) is 40.3 Å². The number of H-pyrrole nitrogens is 1. The van der Waals surface area contributed by atoms with Crippen LogP contribution in [0, 0.1) is 6.92 Å². The second kappa shape index (κ2) is 9.99. The first-order valence-electron chi connectivity index (χ1n) is 10.0. The maximum absolute atomic E-state index is 6.23. The van der Waals surface area contributed by atoms with Crippen molar-refractivity contribution >= 4 is 39.8 Å². The number of halogens is 1. The summed E-state index contributed by atoms with van der Waals surface area (Å²) in [4.78, 5) is 5.68. The molecule has 3 rings (SSSR count). The molecule has 0 bridgehead atoms. The molecule has 0 unspecified atom stereocenters. The molecule has 0 atom stereocenters. The van der Waals surface area contributed by atoms with Gasteiger partial charge in [0.05, 0.1) is 6.61 Å². The zero-order chi connectivity index (χ0) is 20.8. The van der Waals surface area contributed by atoms with Crippen LogP contribution in [0.15, 0.2) is 42.5 Å². The number of thiocarbonyl (C=S) groups is 1. The SMILES string of the molecule is CCNC(=S)N(CCc1c(C)[nH]c2ccc(Cl)cc12)Cc1ccc(OCC)cc1. The van der Waals surface area contributed by atoms with Crippen LogP contribution in [0.2, 0.25) is 5.02 Å². The van der Waals surface area contributed by atoms with Gasteiger partial charge < -0.3 is 19.9 Å². The number of fused-ring (bicyclic) bond motifs is 1. The molecule has 0 saturated carbocycles. The van der Waals surface area contributed by atoms with Crippen LogP contribution in [-0.4, -0.2) is 34.7 Å². The lowest BCUT2D eigenvalue weighted by Gasteiger charge is -2.26. The Morgan fingerprint density at radius 3 is 2.62 bits per heavy atom. The van der Waals surface area contributed by atoms with Crippen LogP contribution < -0.4 is 10.1 Å². The highest BCUT2D eigenvalue weighted by molar-refractivity contribution is 7.80. The van der Waals surface area contributed by atoms with E-state index in [0.717, 1.165) is 47.5 Å². The van der Waals surface area contributed by atoms with E-state index in [4.69, 9.17) is 28.6 Å². The average molecular weight is 430 g/mol. The number of nitrogens with one attached hydrogen (secondary N) is 2. The number of hydrogen-bond acceptors (Lipinski definition) is 2. The second-order valence-electron chi connectivity index (χ2n) is 7.00. The van der Waals surface area contributed by atoms with E-state index in [1.54, 1.807) is 0 Å². The number of rotatable bonds is 8. The highest BCUT2D eigenvalue weighted by atomic mass is 35.5. The molecule has 1 aromatic heterocycles. The zero-order valence-electron chi connectivity index (χ0n) is 17.2. The number of ether oxygens (including phenoxy) is 1. The highest BCUT2D eigenvalue weighted by Gasteiger charge is 2.14. The molecular formula is C23H28ClN3OS. The van der Waals surface area contributed by atoms with Crippen molar-refractivity contribution in [3.63, 3.8) is 0 Å². The highest BCUT2D eigenvalue weighted by Crippen LogP contribution is 2.26. The Kier molecular flexibility index (Phi) is 7.40. The van der Waals surface area contributed by atoms with Crippen LogP contribution in [0.4, 0.5) is 0 Å². The van der Waals surface area contributed by atoms with Gasteiger partial charge in [-0.25, -0.2) is 0 Å². The van der Waals surface area contributed by atoms with E-state index in [1.807, 2.05) is 37.3 Å². The van der Waals surface area contributed by atoms with E-state index in [0.29, 0.717) is 6.61 Å². The summed E-state index contributed by atoms with van der Waals surface area (Å²) < 4.78 is 5.55. The molecule has 0 aliphatic rings. The van der Waals surface area contributed by atoms with Crippen molar-refractivity contribution in [2.75, 3.05) is 19.7 Å². The van der Waals surface area contributed by atoms with Gasteiger partial charge in [-0.1, -0.05) is 23.7 Å². The fourth-order valence-electron chi connectivity index (χ4n) is 3.52. The minimum Gasteiger partial charge on any atom is -0.494 e. The summed E-state index contributed by atoms with van der Waals surface area (Å²) in [6, 6.07) is 14.2. The fourth-order valence-corrected chi connectivity index (χ4v) is 3.99. The Labute approximate surface area is 183 Å². The maximum atomic E-state index is 6.23. The zero-order valence-corrected chi connectivity index (χ0v) is 18.8. The van der Waals surface area contributed by atoms with Gasteiger partial charge in [-0.3, -0.25) is 0 Å². The molecule has 0 aliphatic carbocycles. The molecule has 0 aliphatic heterocycles. The molecule has 0 saturated heterocycles. The van der Waals surface area contributed by atoms with Crippen molar-refractivity contribution in [3.8, 4) is 5.75 Å². The van der Waals surface area contributed by atoms with E-state index in [-0.39, 0.29) is 0 Å². The van der Waals surface area contributed by atoms with Crippen LogP contribution in [0.1, 0.15) is 30.7 Å². The predicted octanol–water partition coefficient (Wildman–Crippen LogP) is 5.47. The number of aromatic amines is 1. The summed E-state index contributed by atoms with van der Waals surface area (Å²) >= 11 is 11.9. The molecule has 1 heterocycles. The molecule has 2 N–H and O–H groups in total. The largest absolute Gasteiger partial charge is 0.494 e. The number of aryl methyl sites for hydroxylation is 1. The summed E-state index contributed by atoms with van der Waals surface area (Å²) in [6.45, 7) is 9.21. The number of benzene rings is 2. The maximum Gasteiger partial charge on any atom is 0.169 e. The summed E-state index contributed by atoms with van der Waals surface area (Å²) in [7, 11) is 0. The van der Waals surface area contributed by atoms with Crippen molar-refractivity contribution < 1.29 is 4.74 Å². The first kappa shape index (κ1) is 21.5. The van der Waals surface area contributed by atoms with Crippen LogP contribution in [0.5, 0.6) is 5.75 Å². The predicted molar refractivity (Wildman–Crippen MR) is 126 cm³/mol. The first-order valence-corrected chi connectivity index (χ1v) is 10.8. The minimum atomic E-state index is 0.671. The molecule has 4 nitrogen and oxygen atoms in total. The molecule has 3 aromatic rings. The molecule has 2 aromatic carbocycles. The summed E-state index contributed by atoms with van der Waals surface area (Å²) in [5.41, 5.74) is 4.79. The van der Waals surface area contributed by atoms with E-state index < -0.39 is 0 Å². The molecular weight excluding hydrogens is 402 g/mol. The monoisotopic (exact) mass is 429 g/mol. The molecule has 0 amide bonds. The van der Waals surface area contributed by atoms with Crippen LogP contribution in [-0.2, 0) is 13.0 Å². The second-order valence-corrected chi connectivity index (χ2v) is 7.83. The van der Waals surface area contributed by atoms with Gasteiger partial charge in [0.25, 0.3) is 0 Å². The van der Waals surface area contributed by atoms with Gasteiger partial charge in [0.2, 0.25) is 0 Å². The smallest absolute Gasteiger partial charge is 0.169 e. The first-order chi connectivity index (χ1) is 14.0. The van der Waals surface area contributed by atoms with E-state index >= 15 is 0 Å². The Morgan fingerprint density at radius 2 is 1.93 bits per heavy atom. The molecule has 29 heavy (non-hydrogen) atoms. The lowest BCUT2D eigenvalue weighted by Crippen LogP contribution is -2.40. The Morgan fingerprint density at radius 1 is 1.17 bits per heavy atom. The van der Waals surface area contributed by atoms with Crippen LogP contribution in [0.25, 0.3) is 10.9 Å². The quantitative estimate of drug-likeness (QED) is 0.466. The van der Waals surface area contributed by atoms with Gasteiger partial charge in [0.15, 0.2) is 5.11 Å². The van der Waals surface area contributed by atoms with Gasteiger partial charge in [-0.2, -0.15) is 0 Å². The standard InChI is InChI=1S/C23H28ClN3OS/c1-4-25-23(29)27(15-17-6-9-19(10-7-17)28-5-2)13-12-20-16(3)26-22-11-8-18(24)14-21(20)22/h6-11,14,26H,4-5,12-13,15H2,1-3H3,(H,25,29). The lowest BCUT2D eigenvalue weighted by atomic mass is 10.1. The van der Waals surface area contributed by atoms with Crippen molar-refractivity contribution in [3.05, 3.63) is 64.3 Å². The van der Waals surface area contributed by atoms with Gasteiger partial charge in [0.1, 0.15) is 5.75 Å². The Hall–Kier alpha value is -2.24. The van der Waals surface area contributed by atoms with Crippen LogP contribution in [0.3, 0.4) is 0 Å². The molecule has 154 valence electrons. The Balaban J connectivity index is 1.76. The van der Waals surface area contributed by atoms with E-state index in [2.05, 4.69) is 41.2 Å². The normalized spacial score (nSPS) is 10.9. The van der Waals surface area contributed by atoms with Crippen molar-refractivity contribution in [2.24, 2.45) is 0 Å². The van der Waals surface area contributed by atoms with Gasteiger partial charge in [-0.15, -0.1) is 0 Å². The van der Waals surface area contributed by atoms with Gasteiger partial charge in [0, 0.05) is 41.3 Å². The third-order valence-electron chi connectivity index (χ3n) is 4.94. The Bertz CT molecular complexity index is 968. The minimum absolute atomic E-state index is 0.671. The summed E-state index contributed by atoms with van der Waals surface area (Å²) in [5.74, 6) is 0.892. The number of hydrogen-bond donors (Lipinski definition) is 2. The molecule has 0 radical (unpaired) electrons.